The number of halogens is 5. The molecular weight excluding hydrogens is 255 g/mol. The predicted octanol–water partition coefficient (Wildman–Crippen LogP) is 4.07. The van der Waals surface area contributed by atoms with Crippen LogP contribution in [0.1, 0.15) is 0 Å². The van der Waals surface area contributed by atoms with E-state index < -0.39 is 15.1 Å². The standard InChI is InChI=1S/C7H5F5N2OS/c8-16(9,10,11,12)4-1-2-6-5(3-4)14-7(13)15-6/h1-3H,(H2,13,14). The Bertz CT molecular complexity index is 575. The summed E-state index contributed by atoms with van der Waals surface area (Å²) in [5.74, 6) is 0. The van der Waals surface area contributed by atoms with E-state index >= 15 is 0 Å². The van der Waals surface area contributed by atoms with Gasteiger partial charge in [0.05, 0.1) is 0 Å². The van der Waals surface area contributed by atoms with E-state index in [-0.39, 0.29) is 29.2 Å². The molecule has 0 fully saturated rings. The van der Waals surface area contributed by atoms with E-state index in [1.54, 1.807) is 0 Å². The number of oxazole rings is 1. The predicted molar refractivity (Wildman–Crippen MR) is 49.8 cm³/mol. The second kappa shape index (κ2) is 2.26. The lowest BCUT2D eigenvalue weighted by Crippen LogP contribution is -2.05. The third-order valence-electron chi connectivity index (χ3n) is 1.82. The molecule has 1 aromatic carbocycles. The van der Waals surface area contributed by atoms with Crippen LogP contribution in [0.25, 0.3) is 11.1 Å². The van der Waals surface area contributed by atoms with Crippen LogP contribution in [0, 0.1) is 0 Å². The highest BCUT2D eigenvalue weighted by Gasteiger charge is 2.65. The summed E-state index contributed by atoms with van der Waals surface area (Å²) >= 11 is 0. The summed E-state index contributed by atoms with van der Waals surface area (Å²) in [7, 11) is -9.67. The van der Waals surface area contributed by atoms with E-state index in [0.717, 1.165) is 6.07 Å². The Morgan fingerprint density at radius 1 is 1.12 bits per heavy atom. The van der Waals surface area contributed by atoms with Gasteiger partial charge in [0.25, 0.3) is 6.01 Å². The molecule has 0 unspecified atom stereocenters. The minimum atomic E-state index is -9.67. The summed E-state index contributed by atoms with van der Waals surface area (Å²) in [5, 5.41) is 0. The maximum Gasteiger partial charge on any atom is 0.310 e. The van der Waals surface area contributed by atoms with Crippen LogP contribution in [0.4, 0.5) is 25.4 Å². The van der Waals surface area contributed by atoms with Gasteiger partial charge in [-0.2, -0.15) is 4.98 Å². The average Bonchev–Trinajstić information content (AvgIpc) is 2.38. The first-order valence-electron chi connectivity index (χ1n) is 3.86. The van der Waals surface area contributed by atoms with Crippen molar-refractivity contribution in [3.05, 3.63) is 18.2 Å². The van der Waals surface area contributed by atoms with Crippen LogP contribution < -0.4 is 5.73 Å². The van der Waals surface area contributed by atoms with Crippen LogP contribution in [0.5, 0.6) is 0 Å². The van der Waals surface area contributed by atoms with Crippen LogP contribution in [-0.4, -0.2) is 4.98 Å². The zero-order chi connectivity index (χ0) is 12.3. The van der Waals surface area contributed by atoms with Gasteiger partial charge in [0.2, 0.25) is 0 Å². The highest BCUT2D eigenvalue weighted by molar-refractivity contribution is 8.45. The smallest absolute Gasteiger partial charge is 0.310 e. The molecule has 9 heteroatoms. The molecule has 0 aliphatic heterocycles. The average molecular weight is 260 g/mol. The fourth-order valence-corrected chi connectivity index (χ4v) is 1.82. The van der Waals surface area contributed by atoms with E-state index in [1.165, 1.54) is 0 Å². The lowest BCUT2D eigenvalue weighted by atomic mass is 10.3. The van der Waals surface area contributed by atoms with Gasteiger partial charge >= 0.3 is 10.2 Å². The first-order chi connectivity index (χ1) is 6.95. The Morgan fingerprint density at radius 3 is 2.31 bits per heavy atom. The molecule has 1 aromatic heterocycles. The van der Waals surface area contributed by atoms with Crippen molar-refractivity contribution in [3.8, 4) is 0 Å². The molecule has 0 saturated carbocycles. The number of benzene rings is 1. The first kappa shape index (κ1) is 11.0. The summed E-state index contributed by atoms with van der Waals surface area (Å²) in [6, 6.07) is 0.839. The molecule has 16 heavy (non-hydrogen) atoms. The molecule has 0 saturated heterocycles. The fourth-order valence-electron chi connectivity index (χ4n) is 1.17. The number of aromatic nitrogens is 1. The molecule has 0 spiro atoms. The summed E-state index contributed by atoms with van der Waals surface area (Å²) < 4.78 is 66.6. The van der Waals surface area contributed by atoms with Gasteiger partial charge < -0.3 is 10.2 Å². The van der Waals surface area contributed by atoms with Crippen molar-refractivity contribution in [2.75, 3.05) is 5.73 Å². The maximum atomic E-state index is 12.4. The lowest BCUT2D eigenvalue weighted by molar-refractivity contribution is 0.364. The van der Waals surface area contributed by atoms with Gasteiger partial charge in [0, 0.05) is 0 Å². The lowest BCUT2D eigenvalue weighted by Gasteiger charge is -2.40. The fraction of sp³-hybridized carbons (Fsp3) is 0. The molecule has 0 amide bonds. The van der Waals surface area contributed by atoms with Crippen molar-refractivity contribution in [2.45, 2.75) is 4.90 Å². The van der Waals surface area contributed by atoms with Crippen molar-refractivity contribution in [1.82, 2.24) is 4.98 Å². The summed E-state index contributed by atoms with van der Waals surface area (Å²) in [6.07, 6.45) is 0. The normalized spacial score (nSPS) is 17.1. The third kappa shape index (κ3) is 1.90. The highest BCUT2D eigenvalue weighted by Crippen LogP contribution is 3.02. The van der Waals surface area contributed by atoms with Crippen molar-refractivity contribution in [2.24, 2.45) is 0 Å². The summed E-state index contributed by atoms with van der Waals surface area (Å²) in [4.78, 5) is 1.33. The molecule has 0 radical (unpaired) electrons. The van der Waals surface area contributed by atoms with E-state index in [1.807, 2.05) is 0 Å². The maximum absolute atomic E-state index is 12.4. The van der Waals surface area contributed by atoms with Gasteiger partial charge in [-0.15, -0.1) is 0 Å². The molecule has 2 rings (SSSR count). The SMILES string of the molecule is Nc1nc2cc(S(F)(F)(F)(F)F)ccc2o1. The van der Waals surface area contributed by atoms with E-state index in [2.05, 4.69) is 9.40 Å². The first-order valence-corrected chi connectivity index (χ1v) is 5.81. The molecule has 3 nitrogen and oxygen atoms in total. The van der Waals surface area contributed by atoms with Crippen molar-refractivity contribution in [1.29, 1.82) is 0 Å². The third-order valence-corrected chi connectivity index (χ3v) is 2.97. The van der Waals surface area contributed by atoms with E-state index in [4.69, 9.17) is 5.73 Å². The number of anilines is 1. The zero-order valence-electron chi connectivity index (χ0n) is 7.46. The Hall–Kier alpha value is -1.51. The van der Waals surface area contributed by atoms with Crippen molar-refractivity contribution >= 4 is 27.3 Å². The molecule has 0 aliphatic rings. The molecule has 2 N–H and O–H groups in total. The van der Waals surface area contributed by atoms with Crippen LogP contribution in [0.15, 0.2) is 27.5 Å². The molecule has 1 heterocycles. The molecular formula is C7H5F5N2OS. The van der Waals surface area contributed by atoms with Gasteiger partial charge in [-0.05, 0) is 18.2 Å². The molecule has 0 bridgehead atoms. The minimum Gasteiger partial charge on any atom is -0.424 e. The van der Waals surface area contributed by atoms with Crippen LogP contribution >= 0.6 is 10.2 Å². The minimum absolute atomic E-state index is 0.0805. The highest BCUT2D eigenvalue weighted by atomic mass is 32.5. The zero-order valence-corrected chi connectivity index (χ0v) is 8.28. The Morgan fingerprint density at radius 2 is 1.75 bits per heavy atom. The molecule has 90 valence electrons. The second-order valence-electron chi connectivity index (χ2n) is 3.15. The Kier molecular flexibility index (Phi) is 1.55. The number of nitrogen functional groups attached to an aromatic ring is 1. The van der Waals surface area contributed by atoms with Crippen molar-refractivity contribution in [3.63, 3.8) is 0 Å². The number of rotatable bonds is 1. The largest absolute Gasteiger partial charge is 0.424 e. The Labute approximate surface area is 85.8 Å². The molecule has 0 atom stereocenters. The number of fused-ring (bicyclic) bond motifs is 1. The van der Waals surface area contributed by atoms with Gasteiger partial charge in [0.15, 0.2) is 5.58 Å². The topological polar surface area (TPSA) is 52.0 Å². The van der Waals surface area contributed by atoms with Crippen LogP contribution in [-0.2, 0) is 0 Å². The monoisotopic (exact) mass is 260 g/mol. The molecule has 2 aromatic rings. The number of hydrogen-bond donors (Lipinski definition) is 1. The number of nitrogens with zero attached hydrogens (tertiary/aromatic N) is 1. The quantitative estimate of drug-likeness (QED) is 0.786. The van der Waals surface area contributed by atoms with Crippen LogP contribution in [0.3, 0.4) is 0 Å². The molecule has 0 aliphatic carbocycles. The van der Waals surface area contributed by atoms with Gasteiger partial charge in [-0.1, -0.05) is 19.4 Å². The van der Waals surface area contributed by atoms with Crippen molar-refractivity contribution < 1.29 is 23.8 Å². The number of nitrogens with two attached hydrogens (primary N) is 1. The number of hydrogen-bond acceptors (Lipinski definition) is 3. The second-order valence-corrected chi connectivity index (χ2v) is 5.56. The summed E-state index contributed by atoms with van der Waals surface area (Å²) in [5.41, 5.74) is 4.64. The van der Waals surface area contributed by atoms with Gasteiger partial charge in [-0.3, -0.25) is 0 Å². The van der Waals surface area contributed by atoms with Gasteiger partial charge in [0.1, 0.15) is 10.4 Å². The van der Waals surface area contributed by atoms with E-state index in [9.17, 15) is 19.4 Å². The Balaban J connectivity index is 2.74. The van der Waals surface area contributed by atoms with Gasteiger partial charge in [-0.25, -0.2) is 0 Å². The van der Waals surface area contributed by atoms with E-state index in [0.29, 0.717) is 0 Å². The van der Waals surface area contributed by atoms with Crippen LogP contribution in [0.2, 0.25) is 0 Å². The summed E-state index contributed by atoms with van der Waals surface area (Å²) in [6.45, 7) is 0.